The Hall–Kier alpha value is -2.72. The SMILES string of the molecule is CC(C)(O)c1cc(F)c(-c2cc(C(N)=O)c(N)s2)c(F)c1.CNC(=O)O. The predicted octanol–water partition coefficient (Wildman–Crippen LogP) is 2.49. The number of aliphatic hydroxyl groups is 1. The van der Waals surface area contributed by atoms with Gasteiger partial charge in [0.25, 0.3) is 5.91 Å². The Morgan fingerprint density at radius 1 is 1.19 bits per heavy atom. The fourth-order valence-corrected chi connectivity index (χ4v) is 2.86. The minimum absolute atomic E-state index is 0.0281. The molecule has 2 aromatic rings. The van der Waals surface area contributed by atoms with Gasteiger partial charge in [0.05, 0.1) is 21.7 Å². The highest BCUT2D eigenvalue weighted by Gasteiger charge is 2.23. The molecule has 0 atom stereocenters. The topological polar surface area (TPSA) is 139 Å². The van der Waals surface area contributed by atoms with E-state index in [0.717, 1.165) is 23.5 Å². The molecule has 1 aromatic carbocycles. The van der Waals surface area contributed by atoms with Crippen LogP contribution in [-0.4, -0.2) is 29.3 Å². The fourth-order valence-electron chi connectivity index (χ4n) is 1.88. The summed E-state index contributed by atoms with van der Waals surface area (Å²) < 4.78 is 28.3. The molecular weight excluding hydrogens is 368 g/mol. The van der Waals surface area contributed by atoms with Crippen molar-refractivity contribution in [3.8, 4) is 10.4 Å². The maximum absolute atomic E-state index is 14.2. The van der Waals surface area contributed by atoms with E-state index < -0.39 is 29.2 Å². The zero-order chi connectivity index (χ0) is 20.2. The summed E-state index contributed by atoms with van der Waals surface area (Å²) in [6, 6.07) is 3.37. The van der Waals surface area contributed by atoms with Gasteiger partial charge in [0.2, 0.25) is 0 Å². The van der Waals surface area contributed by atoms with E-state index in [-0.39, 0.29) is 26.6 Å². The van der Waals surface area contributed by atoms with Crippen molar-refractivity contribution in [2.75, 3.05) is 12.8 Å². The first-order chi connectivity index (χ1) is 11.9. The van der Waals surface area contributed by atoms with E-state index in [4.69, 9.17) is 16.6 Å². The van der Waals surface area contributed by atoms with Gasteiger partial charge in [-0.05, 0) is 37.6 Å². The number of rotatable bonds is 3. The monoisotopic (exact) mass is 387 g/mol. The summed E-state index contributed by atoms with van der Waals surface area (Å²) in [6.07, 6.45) is -0.995. The number of amides is 2. The quantitative estimate of drug-likeness (QED) is 0.551. The molecule has 0 radical (unpaired) electrons. The average Bonchev–Trinajstić information content (AvgIpc) is 2.88. The van der Waals surface area contributed by atoms with Gasteiger partial charge in [-0.1, -0.05) is 0 Å². The molecule has 2 amide bonds. The molecule has 0 saturated heterocycles. The van der Waals surface area contributed by atoms with E-state index >= 15 is 0 Å². The summed E-state index contributed by atoms with van der Waals surface area (Å²) in [6.45, 7) is 2.85. The van der Waals surface area contributed by atoms with Gasteiger partial charge in [0.1, 0.15) is 11.6 Å². The standard InChI is InChI=1S/C14H14F2N2O2S.C2H5NO2/c1-14(2,20)6-3-8(15)11(9(16)4-6)10-5-7(12(17)19)13(18)21-10;1-3-2(4)5/h3-5,20H,18H2,1-2H3,(H2,17,19);3H,1H3,(H,4,5). The molecule has 0 aliphatic carbocycles. The zero-order valence-corrected chi connectivity index (χ0v) is 15.1. The molecule has 7 N–H and O–H groups in total. The van der Waals surface area contributed by atoms with Crippen LogP contribution in [0.5, 0.6) is 0 Å². The minimum atomic E-state index is -1.37. The van der Waals surface area contributed by atoms with Crippen molar-refractivity contribution >= 4 is 28.3 Å². The third kappa shape index (κ3) is 5.14. The Morgan fingerprint density at radius 3 is 1.96 bits per heavy atom. The van der Waals surface area contributed by atoms with Crippen LogP contribution in [0.25, 0.3) is 10.4 Å². The van der Waals surface area contributed by atoms with Gasteiger partial charge in [-0.3, -0.25) is 4.79 Å². The number of halogens is 2. The Morgan fingerprint density at radius 2 is 1.65 bits per heavy atom. The lowest BCUT2D eigenvalue weighted by atomic mass is 9.96. The molecule has 1 aromatic heterocycles. The molecule has 0 aliphatic heterocycles. The summed E-state index contributed by atoms with van der Waals surface area (Å²) in [7, 11) is 1.35. The Bertz CT molecular complexity index is 808. The van der Waals surface area contributed by atoms with Gasteiger partial charge in [-0.15, -0.1) is 11.3 Å². The van der Waals surface area contributed by atoms with Gasteiger partial charge in [-0.2, -0.15) is 0 Å². The zero-order valence-electron chi connectivity index (χ0n) is 14.3. The van der Waals surface area contributed by atoms with Crippen molar-refractivity contribution in [2.45, 2.75) is 19.4 Å². The van der Waals surface area contributed by atoms with Crippen molar-refractivity contribution in [3.63, 3.8) is 0 Å². The molecule has 1 heterocycles. The van der Waals surface area contributed by atoms with Crippen LogP contribution in [0, 0.1) is 11.6 Å². The second-order valence-electron chi connectivity index (χ2n) is 5.68. The highest BCUT2D eigenvalue weighted by molar-refractivity contribution is 7.19. The van der Waals surface area contributed by atoms with Gasteiger partial charge < -0.3 is 27.0 Å². The van der Waals surface area contributed by atoms with Crippen molar-refractivity contribution in [1.29, 1.82) is 0 Å². The smallest absolute Gasteiger partial charge is 0.404 e. The second kappa shape index (κ2) is 8.11. The van der Waals surface area contributed by atoms with Crippen LogP contribution in [-0.2, 0) is 5.60 Å². The van der Waals surface area contributed by atoms with Crippen LogP contribution >= 0.6 is 11.3 Å². The number of carboxylic acid groups (broad SMARTS) is 1. The molecule has 2 rings (SSSR count). The molecule has 0 spiro atoms. The number of anilines is 1. The lowest BCUT2D eigenvalue weighted by Crippen LogP contribution is -2.16. The minimum Gasteiger partial charge on any atom is -0.465 e. The number of nitrogens with two attached hydrogens (primary N) is 2. The number of carbonyl (C=O) groups excluding carboxylic acids is 1. The first kappa shape index (κ1) is 21.3. The third-order valence-corrected chi connectivity index (χ3v) is 4.22. The highest BCUT2D eigenvalue weighted by Crippen LogP contribution is 2.37. The van der Waals surface area contributed by atoms with Gasteiger partial charge in [-0.25, -0.2) is 13.6 Å². The fraction of sp³-hybridized carbons (Fsp3) is 0.250. The Kier molecular flexibility index (Phi) is 6.65. The third-order valence-electron chi connectivity index (χ3n) is 3.24. The first-order valence-corrected chi connectivity index (χ1v) is 8.02. The number of hydrogen-bond acceptors (Lipinski definition) is 5. The van der Waals surface area contributed by atoms with E-state index in [2.05, 4.69) is 0 Å². The molecule has 0 fully saturated rings. The van der Waals surface area contributed by atoms with Crippen LogP contribution in [0.3, 0.4) is 0 Å². The van der Waals surface area contributed by atoms with Gasteiger partial charge in [0, 0.05) is 11.9 Å². The summed E-state index contributed by atoms with van der Waals surface area (Å²) >= 11 is 0.872. The number of thiophene rings is 1. The Balaban J connectivity index is 0.000000597. The second-order valence-corrected chi connectivity index (χ2v) is 6.77. The molecule has 0 unspecified atom stereocenters. The molecule has 0 saturated carbocycles. The lowest BCUT2D eigenvalue weighted by molar-refractivity contribution is 0.0778. The van der Waals surface area contributed by atoms with Crippen LogP contribution < -0.4 is 16.8 Å². The van der Waals surface area contributed by atoms with Crippen molar-refractivity contribution in [3.05, 3.63) is 41.0 Å². The van der Waals surface area contributed by atoms with Gasteiger partial charge in [0.15, 0.2) is 0 Å². The van der Waals surface area contributed by atoms with Crippen LogP contribution in [0.1, 0.15) is 29.8 Å². The largest absolute Gasteiger partial charge is 0.465 e. The van der Waals surface area contributed by atoms with Crippen LogP contribution in [0.4, 0.5) is 18.6 Å². The molecule has 142 valence electrons. The molecule has 7 nitrogen and oxygen atoms in total. The van der Waals surface area contributed by atoms with Crippen LogP contribution in [0.15, 0.2) is 18.2 Å². The van der Waals surface area contributed by atoms with Crippen LogP contribution in [0.2, 0.25) is 0 Å². The number of hydrogen-bond donors (Lipinski definition) is 5. The normalized spacial score (nSPS) is 10.7. The summed E-state index contributed by atoms with van der Waals surface area (Å²) in [4.78, 5) is 20.6. The molecule has 26 heavy (non-hydrogen) atoms. The van der Waals surface area contributed by atoms with Crippen molar-refractivity contribution < 1.29 is 28.6 Å². The highest BCUT2D eigenvalue weighted by atomic mass is 32.1. The van der Waals surface area contributed by atoms with Crippen molar-refractivity contribution in [1.82, 2.24) is 5.32 Å². The van der Waals surface area contributed by atoms with E-state index in [9.17, 15) is 23.5 Å². The first-order valence-electron chi connectivity index (χ1n) is 7.20. The summed E-state index contributed by atoms with van der Waals surface area (Å²) in [5.41, 5.74) is 9.22. The summed E-state index contributed by atoms with van der Waals surface area (Å²) in [5, 5.41) is 19.5. The maximum Gasteiger partial charge on any atom is 0.404 e. The number of nitrogen functional groups attached to an aromatic ring is 1. The summed E-state index contributed by atoms with van der Waals surface area (Å²) in [5.74, 6) is -2.45. The van der Waals surface area contributed by atoms with E-state index in [1.807, 2.05) is 5.32 Å². The molecule has 0 aliphatic rings. The predicted molar refractivity (Wildman–Crippen MR) is 94.9 cm³/mol. The number of carbonyl (C=O) groups is 2. The number of primary amides is 1. The van der Waals surface area contributed by atoms with E-state index in [1.165, 1.54) is 27.0 Å². The molecule has 10 heteroatoms. The number of nitrogens with one attached hydrogen (secondary N) is 1. The van der Waals surface area contributed by atoms with E-state index in [1.54, 1.807) is 0 Å². The maximum atomic E-state index is 14.2. The Labute approximate surface area is 152 Å². The van der Waals surface area contributed by atoms with Gasteiger partial charge >= 0.3 is 6.09 Å². The number of benzene rings is 1. The lowest BCUT2D eigenvalue weighted by Gasteiger charge is -2.18. The molecular formula is C16H19F2N3O4S. The molecule has 0 bridgehead atoms. The van der Waals surface area contributed by atoms with Crippen molar-refractivity contribution in [2.24, 2.45) is 5.73 Å². The average molecular weight is 387 g/mol. The van der Waals surface area contributed by atoms with E-state index in [0.29, 0.717) is 0 Å².